The quantitative estimate of drug-likeness (QED) is 0.774. The lowest BCUT2D eigenvalue weighted by Crippen LogP contribution is -2.16. The van der Waals surface area contributed by atoms with Crippen LogP contribution in [0.1, 0.15) is 5.56 Å². The SMILES string of the molecule is COc1cc(-n2ccc(OCc3ccc(F)cc3)cc2=O)ccc1O. The van der Waals surface area contributed by atoms with Crippen LogP contribution in [0.4, 0.5) is 4.39 Å². The van der Waals surface area contributed by atoms with Gasteiger partial charge in [-0.3, -0.25) is 9.36 Å². The number of rotatable bonds is 5. The lowest BCUT2D eigenvalue weighted by Gasteiger charge is -2.11. The molecule has 0 fully saturated rings. The average Bonchev–Trinajstić information content (AvgIpc) is 2.62. The molecule has 5 nitrogen and oxygen atoms in total. The molecular formula is C19H16FNO4. The van der Waals surface area contributed by atoms with Gasteiger partial charge in [-0.1, -0.05) is 12.1 Å². The zero-order chi connectivity index (χ0) is 17.8. The number of benzene rings is 2. The molecule has 6 heteroatoms. The van der Waals surface area contributed by atoms with E-state index in [1.807, 2.05) is 0 Å². The highest BCUT2D eigenvalue weighted by molar-refractivity contribution is 5.48. The van der Waals surface area contributed by atoms with E-state index in [1.165, 1.54) is 35.9 Å². The predicted molar refractivity (Wildman–Crippen MR) is 91.0 cm³/mol. The van der Waals surface area contributed by atoms with Crippen LogP contribution in [0.25, 0.3) is 5.69 Å². The molecule has 1 aromatic heterocycles. The first-order valence-electron chi connectivity index (χ1n) is 7.54. The van der Waals surface area contributed by atoms with Gasteiger partial charge in [-0.2, -0.15) is 0 Å². The number of phenols is 1. The third-order valence-corrected chi connectivity index (χ3v) is 3.65. The average molecular weight is 341 g/mol. The number of aromatic hydroxyl groups is 1. The van der Waals surface area contributed by atoms with Crippen LogP contribution in [0.2, 0.25) is 0 Å². The smallest absolute Gasteiger partial charge is 0.258 e. The Morgan fingerprint density at radius 3 is 2.52 bits per heavy atom. The molecule has 25 heavy (non-hydrogen) atoms. The van der Waals surface area contributed by atoms with Crippen molar-refractivity contribution in [1.29, 1.82) is 0 Å². The number of nitrogens with zero attached hydrogens (tertiary/aromatic N) is 1. The van der Waals surface area contributed by atoms with Crippen molar-refractivity contribution in [2.75, 3.05) is 7.11 Å². The van der Waals surface area contributed by atoms with E-state index in [0.29, 0.717) is 11.4 Å². The molecule has 0 amide bonds. The van der Waals surface area contributed by atoms with E-state index in [4.69, 9.17) is 9.47 Å². The lowest BCUT2D eigenvalue weighted by molar-refractivity contribution is 0.305. The van der Waals surface area contributed by atoms with Gasteiger partial charge in [0.05, 0.1) is 12.8 Å². The third-order valence-electron chi connectivity index (χ3n) is 3.65. The van der Waals surface area contributed by atoms with Crippen LogP contribution >= 0.6 is 0 Å². The Kier molecular flexibility index (Phi) is 4.70. The summed E-state index contributed by atoms with van der Waals surface area (Å²) in [5, 5.41) is 9.63. The molecule has 0 atom stereocenters. The van der Waals surface area contributed by atoms with Crippen LogP contribution in [0, 0.1) is 5.82 Å². The second-order valence-electron chi connectivity index (χ2n) is 5.34. The summed E-state index contributed by atoms with van der Waals surface area (Å²) in [6, 6.07) is 13.6. The fraction of sp³-hybridized carbons (Fsp3) is 0.105. The molecular weight excluding hydrogens is 325 g/mol. The zero-order valence-electron chi connectivity index (χ0n) is 13.5. The zero-order valence-corrected chi connectivity index (χ0v) is 13.5. The number of pyridine rings is 1. The highest BCUT2D eigenvalue weighted by Gasteiger charge is 2.07. The molecule has 0 aliphatic carbocycles. The number of aromatic nitrogens is 1. The molecule has 1 N–H and O–H groups in total. The Hall–Kier alpha value is -3.28. The summed E-state index contributed by atoms with van der Waals surface area (Å²) in [5.41, 5.74) is 1.07. The van der Waals surface area contributed by atoms with Crippen molar-refractivity contribution < 1.29 is 19.0 Å². The summed E-state index contributed by atoms with van der Waals surface area (Å²) in [6.07, 6.45) is 1.58. The Balaban J connectivity index is 1.79. The van der Waals surface area contributed by atoms with Crippen molar-refractivity contribution in [3.05, 3.63) is 82.5 Å². The Labute approximate surface area is 143 Å². The van der Waals surface area contributed by atoms with E-state index in [-0.39, 0.29) is 29.5 Å². The molecule has 3 aromatic rings. The minimum Gasteiger partial charge on any atom is -0.504 e. The van der Waals surface area contributed by atoms with Crippen LogP contribution in [0.3, 0.4) is 0 Å². The summed E-state index contributed by atoms with van der Waals surface area (Å²) >= 11 is 0. The van der Waals surface area contributed by atoms with Gasteiger partial charge in [0.15, 0.2) is 11.5 Å². The fourth-order valence-electron chi connectivity index (χ4n) is 2.33. The van der Waals surface area contributed by atoms with Crippen molar-refractivity contribution >= 4 is 0 Å². The Morgan fingerprint density at radius 2 is 1.84 bits per heavy atom. The Bertz CT molecular complexity index is 935. The van der Waals surface area contributed by atoms with Crippen molar-refractivity contribution in [2.24, 2.45) is 0 Å². The molecule has 128 valence electrons. The van der Waals surface area contributed by atoms with Gasteiger partial charge in [-0.15, -0.1) is 0 Å². The summed E-state index contributed by atoms with van der Waals surface area (Å²) < 4.78 is 24.9. The number of methoxy groups -OCH3 is 1. The normalized spacial score (nSPS) is 10.5. The van der Waals surface area contributed by atoms with Gasteiger partial charge in [0.25, 0.3) is 5.56 Å². The van der Waals surface area contributed by atoms with Crippen molar-refractivity contribution in [2.45, 2.75) is 6.61 Å². The van der Waals surface area contributed by atoms with Gasteiger partial charge in [0, 0.05) is 18.3 Å². The molecule has 0 saturated carbocycles. The van der Waals surface area contributed by atoms with Crippen molar-refractivity contribution in [3.8, 4) is 22.9 Å². The van der Waals surface area contributed by atoms with E-state index >= 15 is 0 Å². The van der Waals surface area contributed by atoms with Gasteiger partial charge in [-0.25, -0.2) is 4.39 Å². The monoisotopic (exact) mass is 341 g/mol. The van der Waals surface area contributed by atoms with Crippen LogP contribution in [0.15, 0.2) is 65.6 Å². The van der Waals surface area contributed by atoms with E-state index in [1.54, 1.807) is 36.5 Å². The first-order valence-corrected chi connectivity index (χ1v) is 7.54. The maximum absolute atomic E-state index is 12.9. The number of hydrogen-bond acceptors (Lipinski definition) is 4. The van der Waals surface area contributed by atoms with E-state index in [0.717, 1.165) is 5.56 Å². The number of halogens is 1. The van der Waals surface area contributed by atoms with Gasteiger partial charge >= 0.3 is 0 Å². The van der Waals surface area contributed by atoms with Crippen LogP contribution in [-0.4, -0.2) is 16.8 Å². The van der Waals surface area contributed by atoms with Gasteiger partial charge in [0.1, 0.15) is 18.2 Å². The van der Waals surface area contributed by atoms with Crippen LogP contribution in [0.5, 0.6) is 17.2 Å². The summed E-state index contributed by atoms with van der Waals surface area (Å²) in [7, 11) is 1.44. The standard InChI is InChI=1S/C19H16FNO4/c1-24-18-10-15(6-7-17(18)22)21-9-8-16(11-19(21)23)25-12-13-2-4-14(20)5-3-13/h2-11,22H,12H2,1H3. The first kappa shape index (κ1) is 16.6. The number of ether oxygens (including phenoxy) is 2. The fourth-order valence-corrected chi connectivity index (χ4v) is 2.33. The highest BCUT2D eigenvalue weighted by atomic mass is 19.1. The molecule has 2 aromatic carbocycles. The van der Waals surface area contributed by atoms with E-state index < -0.39 is 0 Å². The number of hydrogen-bond donors (Lipinski definition) is 1. The largest absolute Gasteiger partial charge is 0.504 e. The molecule has 0 saturated heterocycles. The molecule has 0 aliphatic heterocycles. The van der Waals surface area contributed by atoms with Gasteiger partial charge in [-0.05, 0) is 35.9 Å². The summed E-state index contributed by atoms with van der Waals surface area (Å²) in [4.78, 5) is 12.3. The molecule has 0 radical (unpaired) electrons. The summed E-state index contributed by atoms with van der Waals surface area (Å²) in [6.45, 7) is 0.233. The van der Waals surface area contributed by atoms with E-state index in [9.17, 15) is 14.3 Å². The topological polar surface area (TPSA) is 60.7 Å². The van der Waals surface area contributed by atoms with Gasteiger partial charge < -0.3 is 14.6 Å². The molecule has 3 rings (SSSR count). The number of phenolic OH excluding ortho intramolecular Hbond substituents is 1. The first-order chi connectivity index (χ1) is 12.1. The van der Waals surface area contributed by atoms with Crippen LogP contribution in [-0.2, 0) is 6.61 Å². The van der Waals surface area contributed by atoms with Crippen LogP contribution < -0.4 is 15.0 Å². The maximum Gasteiger partial charge on any atom is 0.258 e. The van der Waals surface area contributed by atoms with Gasteiger partial charge in [0.2, 0.25) is 0 Å². The van der Waals surface area contributed by atoms with Crippen molar-refractivity contribution in [3.63, 3.8) is 0 Å². The molecule has 0 spiro atoms. The highest BCUT2D eigenvalue weighted by Crippen LogP contribution is 2.27. The molecule has 0 unspecified atom stereocenters. The summed E-state index contributed by atoms with van der Waals surface area (Å²) in [5.74, 6) is 0.381. The lowest BCUT2D eigenvalue weighted by atomic mass is 10.2. The predicted octanol–water partition coefficient (Wildman–Crippen LogP) is 3.27. The second kappa shape index (κ2) is 7.09. The van der Waals surface area contributed by atoms with E-state index in [2.05, 4.69) is 0 Å². The molecule has 1 heterocycles. The third kappa shape index (κ3) is 3.80. The molecule has 0 aliphatic rings. The minimum absolute atomic E-state index is 0.00134. The maximum atomic E-state index is 12.9. The minimum atomic E-state index is -0.310. The Morgan fingerprint density at radius 1 is 1.08 bits per heavy atom. The second-order valence-corrected chi connectivity index (χ2v) is 5.34. The van der Waals surface area contributed by atoms with Crippen molar-refractivity contribution in [1.82, 2.24) is 4.57 Å². The molecule has 0 bridgehead atoms.